The third-order valence-electron chi connectivity index (χ3n) is 8.39. The summed E-state index contributed by atoms with van der Waals surface area (Å²) in [5, 5.41) is 9.32. The van der Waals surface area contributed by atoms with Crippen LogP contribution in [0.15, 0.2) is 42.7 Å². The van der Waals surface area contributed by atoms with Gasteiger partial charge >= 0.3 is 5.97 Å². The second-order valence-electron chi connectivity index (χ2n) is 10.9. The largest absolute Gasteiger partial charge is 0.481 e. The normalized spacial score (nSPS) is 24.9. The monoisotopic (exact) mass is 488 g/mol. The Hall–Kier alpha value is -3.48. The molecule has 1 aromatic carbocycles. The molecule has 0 saturated heterocycles. The van der Waals surface area contributed by atoms with E-state index in [2.05, 4.69) is 23.8 Å². The number of aliphatic carboxylic acids is 1. The first-order valence-corrected chi connectivity index (χ1v) is 12.4. The maximum absolute atomic E-state index is 15.3. The Labute approximate surface area is 209 Å². The molecule has 1 unspecified atom stereocenters. The molecule has 4 atom stereocenters. The van der Waals surface area contributed by atoms with E-state index in [1.807, 2.05) is 24.3 Å². The number of pyridine rings is 2. The molecule has 0 bridgehead atoms. The topological polar surface area (TPSA) is 81.5 Å². The van der Waals surface area contributed by atoms with Crippen molar-refractivity contribution >= 4 is 5.97 Å². The van der Waals surface area contributed by atoms with Crippen LogP contribution in [-0.2, 0) is 23.2 Å². The fourth-order valence-electron chi connectivity index (χ4n) is 6.42. The number of fused-ring (bicyclic) bond motifs is 4. The van der Waals surface area contributed by atoms with Crippen LogP contribution < -0.4 is 9.47 Å². The second kappa shape index (κ2) is 8.29. The number of methoxy groups -OCH3 is 1. The SMILES string of the molecule is COc1ncccc1C1CCC(C)(C)c2cc(F)c(COc3cc4c(cn3)[C@H]3[C@@H](C4)[C@@H]3C(=O)O)cc21. The van der Waals surface area contributed by atoms with Gasteiger partial charge in [-0.15, -0.1) is 0 Å². The van der Waals surface area contributed by atoms with Crippen LogP contribution in [0.4, 0.5) is 4.39 Å². The highest BCUT2D eigenvalue weighted by molar-refractivity contribution is 5.77. The van der Waals surface area contributed by atoms with Gasteiger partial charge in [-0.05, 0) is 71.0 Å². The predicted octanol–water partition coefficient (Wildman–Crippen LogP) is 5.38. The van der Waals surface area contributed by atoms with E-state index in [0.29, 0.717) is 17.3 Å². The summed E-state index contributed by atoms with van der Waals surface area (Å²) in [6, 6.07) is 9.42. The fourth-order valence-corrected chi connectivity index (χ4v) is 6.42. The van der Waals surface area contributed by atoms with Crippen molar-refractivity contribution in [3.63, 3.8) is 0 Å². The number of aromatic nitrogens is 2. The van der Waals surface area contributed by atoms with Crippen molar-refractivity contribution in [1.82, 2.24) is 9.97 Å². The molecule has 3 aromatic rings. The van der Waals surface area contributed by atoms with Crippen molar-refractivity contribution in [3.8, 4) is 11.8 Å². The molecular weight excluding hydrogens is 459 g/mol. The molecule has 2 heterocycles. The lowest BCUT2D eigenvalue weighted by Gasteiger charge is -2.38. The van der Waals surface area contributed by atoms with Gasteiger partial charge in [-0.1, -0.05) is 19.9 Å². The Morgan fingerprint density at radius 3 is 2.81 bits per heavy atom. The van der Waals surface area contributed by atoms with Gasteiger partial charge in [-0.25, -0.2) is 14.4 Å². The molecule has 2 aromatic heterocycles. The number of hydrogen-bond donors (Lipinski definition) is 1. The van der Waals surface area contributed by atoms with E-state index in [0.717, 1.165) is 47.1 Å². The van der Waals surface area contributed by atoms with Gasteiger partial charge in [0.25, 0.3) is 0 Å². The lowest BCUT2D eigenvalue weighted by molar-refractivity contribution is -0.139. The number of halogens is 1. The first-order valence-electron chi connectivity index (χ1n) is 12.4. The van der Waals surface area contributed by atoms with Crippen molar-refractivity contribution in [1.29, 1.82) is 0 Å². The summed E-state index contributed by atoms with van der Waals surface area (Å²) < 4.78 is 26.8. The summed E-state index contributed by atoms with van der Waals surface area (Å²) in [4.78, 5) is 20.1. The summed E-state index contributed by atoms with van der Waals surface area (Å²) in [6.45, 7) is 4.38. The molecule has 1 fully saturated rings. The maximum atomic E-state index is 15.3. The molecule has 0 spiro atoms. The molecule has 0 radical (unpaired) electrons. The third-order valence-corrected chi connectivity index (χ3v) is 8.39. The summed E-state index contributed by atoms with van der Waals surface area (Å²) in [7, 11) is 1.62. The van der Waals surface area contributed by atoms with Gasteiger partial charge in [-0.2, -0.15) is 0 Å². The van der Waals surface area contributed by atoms with Crippen LogP contribution in [-0.4, -0.2) is 28.2 Å². The van der Waals surface area contributed by atoms with E-state index < -0.39 is 5.97 Å². The maximum Gasteiger partial charge on any atom is 0.307 e. The summed E-state index contributed by atoms with van der Waals surface area (Å²) in [5.74, 6) is 0.0240. The number of ether oxygens (including phenoxy) is 2. The Morgan fingerprint density at radius 1 is 1.19 bits per heavy atom. The van der Waals surface area contributed by atoms with Gasteiger partial charge in [0, 0.05) is 41.4 Å². The zero-order chi connectivity index (χ0) is 25.2. The van der Waals surface area contributed by atoms with Gasteiger partial charge in [0.2, 0.25) is 11.8 Å². The molecule has 6 rings (SSSR count). The Bertz CT molecular complexity index is 1370. The van der Waals surface area contributed by atoms with Crippen LogP contribution in [0.25, 0.3) is 0 Å². The van der Waals surface area contributed by atoms with E-state index >= 15 is 4.39 Å². The zero-order valence-corrected chi connectivity index (χ0v) is 20.6. The van der Waals surface area contributed by atoms with Crippen molar-refractivity contribution in [3.05, 3.63) is 81.9 Å². The smallest absolute Gasteiger partial charge is 0.307 e. The van der Waals surface area contributed by atoms with Crippen molar-refractivity contribution in [2.45, 2.75) is 57.0 Å². The Morgan fingerprint density at radius 2 is 2.03 bits per heavy atom. The first kappa shape index (κ1) is 23.0. The zero-order valence-electron chi connectivity index (χ0n) is 20.6. The van der Waals surface area contributed by atoms with Gasteiger partial charge in [-0.3, -0.25) is 4.79 Å². The Balaban J connectivity index is 1.28. The standard InChI is InChI=1S/C29H29FN2O4/c1-29(2)7-6-17(18-5-4-8-31-27(18)35-3)19-10-16(23(30)12-22(19)29)14-36-24-11-15-9-20-25(21(15)13-32-24)26(20)28(33)34/h4-5,8,10-13,17,20,25-26H,6-7,9,14H2,1-3H3,(H,33,34)/t17?,20-,25-,26+/m1/s1. The van der Waals surface area contributed by atoms with Gasteiger partial charge in [0.05, 0.1) is 13.0 Å². The highest BCUT2D eigenvalue weighted by atomic mass is 19.1. The molecule has 6 nitrogen and oxygen atoms in total. The second-order valence-corrected chi connectivity index (χ2v) is 10.9. The Kier molecular flexibility index (Phi) is 5.28. The average Bonchev–Trinajstić information content (AvgIpc) is 3.46. The molecule has 36 heavy (non-hydrogen) atoms. The first-order chi connectivity index (χ1) is 17.3. The fraction of sp³-hybridized carbons (Fsp3) is 0.414. The quantitative estimate of drug-likeness (QED) is 0.502. The van der Waals surface area contributed by atoms with E-state index in [-0.39, 0.29) is 41.5 Å². The van der Waals surface area contributed by atoms with Gasteiger partial charge in [0.1, 0.15) is 12.4 Å². The molecular formula is C29H29FN2O4. The average molecular weight is 489 g/mol. The molecule has 1 N–H and O–H groups in total. The van der Waals surface area contributed by atoms with Gasteiger partial charge in [0.15, 0.2) is 0 Å². The number of carboxylic acid groups (broad SMARTS) is 1. The number of carbonyl (C=O) groups is 1. The van der Waals surface area contributed by atoms with E-state index in [1.165, 1.54) is 0 Å². The van der Waals surface area contributed by atoms with Crippen LogP contribution in [0, 0.1) is 17.7 Å². The van der Waals surface area contributed by atoms with Crippen LogP contribution in [0.5, 0.6) is 11.8 Å². The lowest BCUT2D eigenvalue weighted by Crippen LogP contribution is -2.27. The molecule has 0 aliphatic heterocycles. The van der Waals surface area contributed by atoms with Crippen molar-refractivity contribution < 1.29 is 23.8 Å². The molecule has 0 amide bonds. The molecule has 1 saturated carbocycles. The minimum Gasteiger partial charge on any atom is -0.481 e. The molecule has 186 valence electrons. The van der Waals surface area contributed by atoms with E-state index in [1.54, 1.807) is 25.6 Å². The third kappa shape index (κ3) is 3.64. The van der Waals surface area contributed by atoms with Crippen LogP contribution in [0.2, 0.25) is 0 Å². The summed E-state index contributed by atoms with van der Waals surface area (Å²) in [6.07, 6.45) is 6.03. The number of hydrogen-bond acceptors (Lipinski definition) is 5. The highest BCUT2D eigenvalue weighted by Crippen LogP contribution is 2.61. The summed E-state index contributed by atoms with van der Waals surface area (Å²) in [5.41, 5.74) is 5.54. The van der Waals surface area contributed by atoms with Crippen LogP contribution >= 0.6 is 0 Å². The van der Waals surface area contributed by atoms with Crippen molar-refractivity contribution in [2.75, 3.05) is 7.11 Å². The number of rotatable bonds is 6. The minimum atomic E-state index is -0.732. The lowest BCUT2D eigenvalue weighted by atomic mass is 9.67. The number of nitrogens with zero attached hydrogens (tertiary/aromatic N) is 2. The van der Waals surface area contributed by atoms with E-state index in [9.17, 15) is 9.90 Å². The molecule has 3 aliphatic carbocycles. The van der Waals surface area contributed by atoms with Gasteiger partial charge < -0.3 is 14.6 Å². The van der Waals surface area contributed by atoms with E-state index in [4.69, 9.17) is 9.47 Å². The number of benzene rings is 1. The molecule has 7 heteroatoms. The van der Waals surface area contributed by atoms with Crippen molar-refractivity contribution in [2.24, 2.45) is 11.8 Å². The number of carboxylic acids is 1. The highest BCUT2D eigenvalue weighted by Gasteiger charge is 2.60. The van der Waals surface area contributed by atoms with Crippen LogP contribution in [0.1, 0.15) is 71.9 Å². The van der Waals surface area contributed by atoms with Crippen LogP contribution in [0.3, 0.4) is 0 Å². The molecule has 3 aliphatic rings. The minimum absolute atomic E-state index is 0.0584. The predicted molar refractivity (Wildman–Crippen MR) is 131 cm³/mol. The summed E-state index contributed by atoms with van der Waals surface area (Å²) >= 11 is 0.